The van der Waals surface area contributed by atoms with E-state index in [9.17, 15) is 5.11 Å². The minimum Gasteiger partial charge on any atom is -0.383 e. The first-order valence-corrected chi connectivity index (χ1v) is 9.79. The van der Waals surface area contributed by atoms with Crippen LogP contribution in [0.3, 0.4) is 0 Å². The van der Waals surface area contributed by atoms with Crippen LogP contribution in [0.25, 0.3) is 0 Å². The molecule has 0 aromatic carbocycles. The van der Waals surface area contributed by atoms with Crippen molar-refractivity contribution >= 4 is 5.96 Å². The monoisotopic (exact) mass is 364 g/mol. The Morgan fingerprint density at radius 1 is 1.46 bits per heavy atom. The molecule has 0 aliphatic carbocycles. The van der Waals surface area contributed by atoms with Crippen molar-refractivity contribution in [3.8, 4) is 0 Å². The molecule has 0 saturated carbocycles. The lowest BCUT2D eigenvalue weighted by Gasteiger charge is -2.35. The molecule has 2 rings (SSSR count). The fraction of sp³-hybridized carbons (Fsp3) is 0.789. The summed E-state index contributed by atoms with van der Waals surface area (Å²) in [5.74, 6) is 1.40. The van der Waals surface area contributed by atoms with Crippen LogP contribution in [0.15, 0.2) is 17.4 Å². The van der Waals surface area contributed by atoms with Crippen LogP contribution in [0, 0.1) is 5.92 Å². The molecule has 2 unspecified atom stereocenters. The molecule has 0 spiro atoms. The summed E-state index contributed by atoms with van der Waals surface area (Å²) >= 11 is 0. The number of piperidine rings is 1. The molecule has 0 radical (unpaired) electrons. The van der Waals surface area contributed by atoms with E-state index in [1.165, 1.54) is 19.4 Å². The second-order valence-corrected chi connectivity index (χ2v) is 7.85. The Kier molecular flexibility index (Phi) is 7.46. The second kappa shape index (κ2) is 9.37. The highest BCUT2D eigenvalue weighted by Gasteiger charge is 2.25. The summed E-state index contributed by atoms with van der Waals surface area (Å²) in [6, 6.07) is 0.606. The van der Waals surface area contributed by atoms with Gasteiger partial charge < -0.3 is 20.6 Å². The molecule has 2 atom stereocenters. The Labute approximate surface area is 157 Å². The predicted molar refractivity (Wildman–Crippen MR) is 106 cm³/mol. The molecule has 1 aliphatic rings. The van der Waals surface area contributed by atoms with Crippen molar-refractivity contribution in [1.82, 2.24) is 25.3 Å². The van der Waals surface area contributed by atoms with E-state index in [2.05, 4.69) is 46.4 Å². The van der Waals surface area contributed by atoms with E-state index < -0.39 is 5.60 Å². The summed E-state index contributed by atoms with van der Waals surface area (Å²) in [5.41, 5.74) is -0.255. The van der Waals surface area contributed by atoms with Gasteiger partial charge >= 0.3 is 0 Å². The maximum absolute atomic E-state index is 10.7. The normalized spacial score (nSPS) is 21.7. The number of nitrogens with one attached hydrogen (secondary N) is 2. The summed E-state index contributed by atoms with van der Waals surface area (Å²) in [6.45, 7) is 12.7. The molecule has 2 heterocycles. The lowest BCUT2D eigenvalue weighted by Crippen LogP contribution is -2.46. The third kappa shape index (κ3) is 5.99. The zero-order valence-corrected chi connectivity index (χ0v) is 17.0. The number of aliphatic imine (C=N–C) groups is 1. The van der Waals surface area contributed by atoms with Gasteiger partial charge in [-0.05, 0) is 53.0 Å². The first-order valence-electron chi connectivity index (χ1n) is 9.79. The van der Waals surface area contributed by atoms with Crippen LogP contribution < -0.4 is 10.6 Å². The zero-order chi connectivity index (χ0) is 19.2. The molecule has 1 saturated heterocycles. The Morgan fingerprint density at radius 2 is 2.23 bits per heavy atom. The maximum atomic E-state index is 10.7. The summed E-state index contributed by atoms with van der Waals surface area (Å²) < 4.78 is 1.69. The lowest BCUT2D eigenvalue weighted by atomic mass is 9.97. The van der Waals surface area contributed by atoms with Gasteiger partial charge in [0.2, 0.25) is 0 Å². The lowest BCUT2D eigenvalue weighted by molar-refractivity contribution is 0.0671. The first kappa shape index (κ1) is 20.7. The summed E-state index contributed by atoms with van der Waals surface area (Å²) in [4.78, 5) is 7.15. The van der Waals surface area contributed by atoms with E-state index >= 15 is 0 Å². The third-order valence-electron chi connectivity index (χ3n) is 5.05. The number of aryl methyl sites for hydroxylation is 1. The second-order valence-electron chi connectivity index (χ2n) is 7.85. The van der Waals surface area contributed by atoms with Crippen molar-refractivity contribution in [2.45, 2.75) is 52.2 Å². The van der Waals surface area contributed by atoms with Crippen LogP contribution in [0.4, 0.5) is 0 Å². The highest BCUT2D eigenvalue weighted by atomic mass is 16.3. The van der Waals surface area contributed by atoms with Crippen LogP contribution in [0.1, 0.15) is 46.1 Å². The van der Waals surface area contributed by atoms with Crippen molar-refractivity contribution < 1.29 is 5.11 Å². The van der Waals surface area contributed by atoms with E-state index in [0.717, 1.165) is 31.2 Å². The Morgan fingerprint density at radius 3 is 2.85 bits per heavy atom. The smallest absolute Gasteiger partial charge is 0.191 e. The molecule has 7 nitrogen and oxygen atoms in total. The van der Waals surface area contributed by atoms with Crippen molar-refractivity contribution in [3.05, 3.63) is 18.0 Å². The van der Waals surface area contributed by atoms with Gasteiger partial charge in [0.25, 0.3) is 0 Å². The van der Waals surface area contributed by atoms with Gasteiger partial charge in [-0.25, -0.2) is 4.99 Å². The number of likely N-dealkylation sites (tertiary alicyclic amines) is 1. The predicted octanol–water partition coefficient (Wildman–Crippen LogP) is 1.30. The van der Waals surface area contributed by atoms with E-state index in [0.29, 0.717) is 12.0 Å². The van der Waals surface area contributed by atoms with E-state index in [1.807, 2.05) is 13.2 Å². The van der Waals surface area contributed by atoms with Crippen molar-refractivity contribution in [3.63, 3.8) is 0 Å². The Balaban J connectivity index is 1.92. The quantitative estimate of drug-likeness (QED) is 0.502. The van der Waals surface area contributed by atoms with E-state index in [-0.39, 0.29) is 6.54 Å². The molecule has 1 aromatic rings. The molecule has 1 aliphatic heterocycles. The average Bonchev–Trinajstić information content (AvgIpc) is 3.05. The maximum Gasteiger partial charge on any atom is 0.191 e. The fourth-order valence-corrected chi connectivity index (χ4v) is 3.34. The van der Waals surface area contributed by atoms with Crippen molar-refractivity contribution in [2.75, 3.05) is 32.7 Å². The molecule has 148 valence electrons. The van der Waals surface area contributed by atoms with E-state index in [1.54, 1.807) is 17.8 Å². The summed E-state index contributed by atoms with van der Waals surface area (Å²) in [7, 11) is 1.85. The van der Waals surface area contributed by atoms with Gasteiger partial charge in [-0.2, -0.15) is 5.10 Å². The Hall–Kier alpha value is -1.60. The number of aliphatic hydroxyl groups is 1. The van der Waals surface area contributed by atoms with Crippen LogP contribution in [-0.4, -0.2) is 64.5 Å². The summed E-state index contributed by atoms with van der Waals surface area (Å²) in [6.07, 6.45) is 6.04. The zero-order valence-electron chi connectivity index (χ0n) is 17.0. The molecule has 3 N–H and O–H groups in total. The molecule has 0 amide bonds. The van der Waals surface area contributed by atoms with E-state index in [4.69, 9.17) is 0 Å². The molecular weight excluding hydrogens is 328 g/mol. The first-order chi connectivity index (χ1) is 12.3. The largest absolute Gasteiger partial charge is 0.383 e. The fourth-order valence-electron chi connectivity index (χ4n) is 3.34. The van der Waals surface area contributed by atoms with Gasteiger partial charge in [0.05, 0.1) is 12.7 Å². The number of rotatable bonds is 7. The van der Waals surface area contributed by atoms with Crippen molar-refractivity contribution in [1.29, 1.82) is 0 Å². The van der Waals surface area contributed by atoms with Gasteiger partial charge in [-0.1, -0.05) is 0 Å². The number of nitrogens with zero attached hydrogens (tertiary/aromatic N) is 4. The van der Waals surface area contributed by atoms with Gasteiger partial charge in [0.1, 0.15) is 5.60 Å². The molecular formula is C19H36N6O. The van der Waals surface area contributed by atoms with Crippen LogP contribution >= 0.6 is 0 Å². The van der Waals surface area contributed by atoms with Crippen molar-refractivity contribution in [2.24, 2.45) is 18.0 Å². The molecule has 0 bridgehead atoms. The number of hydrogen-bond donors (Lipinski definition) is 3. The van der Waals surface area contributed by atoms with Gasteiger partial charge in [-0.3, -0.25) is 4.68 Å². The molecule has 26 heavy (non-hydrogen) atoms. The Bertz CT molecular complexity index is 580. The molecule has 7 heteroatoms. The number of guanidine groups is 1. The molecule has 1 aromatic heterocycles. The topological polar surface area (TPSA) is 77.7 Å². The number of hydrogen-bond acceptors (Lipinski definition) is 4. The summed E-state index contributed by atoms with van der Waals surface area (Å²) in [5, 5.41) is 21.6. The van der Waals surface area contributed by atoms with Gasteiger partial charge in [-0.15, -0.1) is 0 Å². The third-order valence-corrected chi connectivity index (χ3v) is 5.05. The minimum atomic E-state index is -1.03. The van der Waals surface area contributed by atoms with Gasteiger partial charge in [0.15, 0.2) is 5.96 Å². The van der Waals surface area contributed by atoms with Crippen LogP contribution in [0.2, 0.25) is 0 Å². The average molecular weight is 365 g/mol. The van der Waals surface area contributed by atoms with Crippen LogP contribution in [0.5, 0.6) is 0 Å². The highest BCUT2D eigenvalue weighted by Crippen LogP contribution is 2.20. The molecule has 1 fully saturated rings. The standard InChI is InChI=1S/C19H36N6O/c1-6-20-18(21-10-16-8-7-9-25(12-16)15(2)3)22-14-19(4,26)17-11-23-24(5)13-17/h11,13,15-16,26H,6-10,12,14H2,1-5H3,(H2,20,21,22). The number of aromatic nitrogens is 2. The van der Waals surface area contributed by atoms with Crippen LogP contribution in [-0.2, 0) is 12.6 Å². The SMILES string of the molecule is CCNC(=NCC(C)(O)c1cnn(C)c1)NCC1CCCN(C(C)C)C1. The minimum absolute atomic E-state index is 0.289. The highest BCUT2D eigenvalue weighted by molar-refractivity contribution is 5.79. The van der Waals surface area contributed by atoms with Gasteiger partial charge in [0, 0.05) is 44.5 Å².